The first kappa shape index (κ1) is 49.1. The number of ether oxygens (including phenoxy) is 1. The quantitative estimate of drug-likeness (QED) is 0.0750. The van der Waals surface area contributed by atoms with Crippen molar-refractivity contribution in [2.45, 2.75) is 99.6 Å². The number of hydrogen-bond donors (Lipinski definition) is 4. The molecule has 5 amide bonds. The number of aromatic amines is 2. The SMILES string of the molecule is CCC.CCC.CCCN(Cc1ncc(-c2ccc(-c3ccc(-c4cnc(CN(CCC)C(=O)CNC(=O)OC)[nH]4)c4ocnc34)c3c2N=CC3CC)[nH]1)C(=O)CNC(=O)N(C)C. The van der Waals surface area contributed by atoms with Gasteiger partial charge in [0.15, 0.2) is 12.0 Å². The summed E-state index contributed by atoms with van der Waals surface area (Å²) in [7, 11) is 4.50. The molecule has 1 aliphatic rings. The van der Waals surface area contributed by atoms with E-state index in [2.05, 4.69) is 81.0 Å². The maximum atomic E-state index is 13.0. The van der Waals surface area contributed by atoms with Crippen LogP contribution in [0.3, 0.4) is 0 Å². The van der Waals surface area contributed by atoms with Crippen LogP contribution < -0.4 is 10.6 Å². The number of amides is 5. The van der Waals surface area contributed by atoms with E-state index in [4.69, 9.17) is 9.41 Å². The molecule has 0 fully saturated rings. The molecule has 17 nitrogen and oxygen atoms in total. The number of hydrogen-bond acceptors (Lipinski definition) is 10. The minimum atomic E-state index is -0.670. The van der Waals surface area contributed by atoms with Crippen molar-refractivity contribution in [3.05, 3.63) is 60.3 Å². The van der Waals surface area contributed by atoms with E-state index in [0.717, 1.165) is 58.5 Å². The van der Waals surface area contributed by atoms with Gasteiger partial charge in [-0.15, -0.1) is 0 Å². The molecule has 340 valence electrons. The Labute approximate surface area is 370 Å². The Balaban J connectivity index is 0.00000137. The first-order valence-corrected chi connectivity index (χ1v) is 21.9. The third-order valence-electron chi connectivity index (χ3n) is 9.76. The van der Waals surface area contributed by atoms with Gasteiger partial charge in [-0.2, -0.15) is 0 Å². The molecule has 5 aromatic rings. The number of oxazole rings is 1. The van der Waals surface area contributed by atoms with E-state index >= 15 is 0 Å². The van der Waals surface area contributed by atoms with E-state index in [1.807, 2.05) is 38.3 Å². The standard InChI is InChI=1S/C40H49N11O6.2C3H8/c1-7-14-50(33(52)19-44-39(54)49(4)5)21-31-41-17-29(47-31)27-12-10-25(35-24(9-3)16-43-36(27)35)26-11-13-28(38-37(26)46-23-57-38)30-18-42-32(48-30)22-51(15-8-2)34(53)20-45-40(55)56-6;2*1-3-2/h10-13,16-18,23-24H,7-9,14-15,19-22H2,1-6H3,(H,41,47)(H,42,48)(H,44,54)(H,45,55);2*3H2,1-2H3. The zero-order valence-electron chi connectivity index (χ0n) is 38.6. The van der Waals surface area contributed by atoms with Crippen molar-refractivity contribution >= 4 is 46.9 Å². The van der Waals surface area contributed by atoms with Crippen LogP contribution in [0.1, 0.15) is 104 Å². The molecule has 0 radical (unpaired) electrons. The lowest BCUT2D eigenvalue weighted by Crippen LogP contribution is -2.43. The maximum Gasteiger partial charge on any atom is 0.407 e. The third kappa shape index (κ3) is 12.5. The molecule has 0 aliphatic carbocycles. The number of aliphatic imine (C=N–C) groups is 1. The van der Waals surface area contributed by atoms with Gasteiger partial charge in [-0.05, 0) is 36.5 Å². The number of carbonyl (C=O) groups excluding carboxylic acids is 4. The van der Waals surface area contributed by atoms with Gasteiger partial charge in [0.2, 0.25) is 11.8 Å². The highest BCUT2D eigenvalue weighted by molar-refractivity contribution is 6.03. The second-order valence-corrected chi connectivity index (χ2v) is 15.3. The average molecular weight is 868 g/mol. The predicted molar refractivity (Wildman–Crippen MR) is 247 cm³/mol. The molecular weight excluding hydrogens is 803 g/mol. The lowest BCUT2D eigenvalue weighted by Gasteiger charge is -2.22. The second-order valence-electron chi connectivity index (χ2n) is 15.3. The number of nitrogens with one attached hydrogen (secondary N) is 4. The molecule has 4 heterocycles. The van der Waals surface area contributed by atoms with Crippen LogP contribution in [0, 0.1) is 0 Å². The Hall–Kier alpha value is -6.52. The van der Waals surface area contributed by atoms with Gasteiger partial charge in [-0.3, -0.25) is 14.6 Å². The van der Waals surface area contributed by atoms with E-state index in [1.165, 1.54) is 31.2 Å². The lowest BCUT2D eigenvalue weighted by molar-refractivity contribution is -0.131. The van der Waals surface area contributed by atoms with Gasteiger partial charge < -0.3 is 44.5 Å². The molecule has 6 rings (SSSR count). The van der Waals surface area contributed by atoms with Crippen LogP contribution in [0.4, 0.5) is 15.3 Å². The zero-order valence-corrected chi connectivity index (χ0v) is 38.6. The highest BCUT2D eigenvalue weighted by Crippen LogP contribution is 2.48. The van der Waals surface area contributed by atoms with Gasteiger partial charge in [0.25, 0.3) is 0 Å². The van der Waals surface area contributed by atoms with Crippen LogP contribution in [0.5, 0.6) is 0 Å². The topological polar surface area (TPSA) is 207 Å². The predicted octanol–water partition coefficient (Wildman–Crippen LogP) is 8.42. The number of H-pyrrole nitrogens is 2. The van der Waals surface area contributed by atoms with Gasteiger partial charge in [-0.25, -0.2) is 24.5 Å². The Morgan fingerprint density at radius 3 is 1.79 bits per heavy atom. The summed E-state index contributed by atoms with van der Waals surface area (Å²) in [6, 6.07) is 7.78. The smallest absolute Gasteiger partial charge is 0.407 e. The molecule has 0 saturated carbocycles. The molecule has 17 heteroatoms. The molecular formula is C46H65N11O6. The minimum absolute atomic E-state index is 0.0702. The van der Waals surface area contributed by atoms with Crippen LogP contribution >= 0.6 is 0 Å². The van der Waals surface area contributed by atoms with Gasteiger partial charge >= 0.3 is 12.1 Å². The van der Waals surface area contributed by atoms with Gasteiger partial charge in [0.05, 0.1) is 56.2 Å². The lowest BCUT2D eigenvalue weighted by atomic mass is 9.87. The van der Waals surface area contributed by atoms with E-state index in [1.54, 1.807) is 36.3 Å². The first-order chi connectivity index (χ1) is 30.4. The molecule has 2 aromatic carbocycles. The van der Waals surface area contributed by atoms with Crippen molar-refractivity contribution in [3.63, 3.8) is 0 Å². The molecule has 0 spiro atoms. The number of urea groups is 1. The van der Waals surface area contributed by atoms with E-state index in [-0.39, 0.29) is 49.9 Å². The highest BCUT2D eigenvalue weighted by atomic mass is 16.5. The molecule has 0 bridgehead atoms. The Morgan fingerprint density at radius 1 is 0.730 bits per heavy atom. The van der Waals surface area contributed by atoms with Crippen molar-refractivity contribution < 1.29 is 28.3 Å². The summed E-state index contributed by atoms with van der Waals surface area (Å²) in [5.74, 6) is 0.830. The van der Waals surface area contributed by atoms with Crippen LogP contribution in [-0.4, -0.2) is 117 Å². The second kappa shape index (κ2) is 24.2. The molecule has 1 unspecified atom stereocenters. The summed E-state index contributed by atoms with van der Waals surface area (Å²) < 4.78 is 10.6. The maximum absolute atomic E-state index is 13.0. The fourth-order valence-corrected chi connectivity index (χ4v) is 6.90. The number of alkyl carbamates (subject to hydrolysis) is 1. The monoisotopic (exact) mass is 868 g/mol. The molecule has 63 heavy (non-hydrogen) atoms. The molecule has 3 aromatic heterocycles. The number of carbonyl (C=O) groups is 4. The average Bonchev–Trinajstić information content (AvgIpc) is 4.12. The summed E-state index contributed by atoms with van der Waals surface area (Å²) >= 11 is 0. The summed E-state index contributed by atoms with van der Waals surface area (Å²) in [5.41, 5.74) is 8.21. The highest BCUT2D eigenvalue weighted by Gasteiger charge is 2.28. The number of rotatable bonds is 16. The van der Waals surface area contributed by atoms with Crippen molar-refractivity contribution in [3.8, 4) is 33.6 Å². The van der Waals surface area contributed by atoms with Gasteiger partial charge in [-0.1, -0.05) is 79.5 Å². The summed E-state index contributed by atoms with van der Waals surface area (Å²) in [6.45, 7) is 15.8. The van der Waals surface area contributed by atoms with Crippen LogP contribution in [0.25, 0.3) is 44.7 Å². The van der Waals surface area contributed by atoms with Crippen molar-refractivity contribution in [2.24, 2.45) is 4.99 Å². The van der Waals surface area contributed by atoms with E-state index < -0.39 is 6.09 Å². The molecule has 4 N–H and O–H groups in total. The van der Waals surface area contributed by atoms with Crippen LogP contribution in [0.2, 0.25) is 0 Å². The minimum Gasteiger partial charge on any atom is -0.453 e. The Morgan fingerprint density at radius 2 is 1.25 bits per heavy atom. The number of nitrogens with zero attached hydrogens (tertiary/aromatic N) is 7. The fourth-order valence-electron chi connectivity index (χ4n) is 6.90. The Kier molecular flexibility index (Phi) is 18.9. The van der Waals surface area contributed by atoms with E-state index in [9.17, 15) is 19.2 Å². The Bertz CT molecular complexity index is 2310. The van der Waals surface area contributed by atoms with Crippen molar-refractivity contribution in [2.75, 3.05) is 47.4 Å². The van der Waals surface area contributed by atoms with Gasteiger partial charge in [0.1, 0.15) is 23.7 Å². The van der Waals surface area contributed by atoms with Crippen molar-refractivity contribution in [1.29, 1.82) is 0 Å². The normalized spacial score (nSPS) is 12.4. The summed E-state index contributed by atoms with van der Waals surface area (Å²) in [6.07, 6.45) is 11.0. The summed E-state index contributed by atoms with van der Waals surface area (Å²) in [4.78, 5) is 79.6. The first-order valence-electron chi connectivity index (χ1n) is 21.9. The van der Waals surface area contributed by atoms with E-state index in [0.29, 0.717) is 41.5 Å². The number of fused-ring (bicyclic) bond motifs is 2. The number of benzene rings is 2. The fraction of sp³-hybridized carbons (Fsp3) is 0.478. The molecule has 1 atom stereocenters. The largest absolute Gasteiger partial charge is 0.453 e. The number of imidazole rings is 2. The van der Waals surface area contributed by atoms with Crippen LogP contribution in [-0.2, 0) is 27.4 Å². The zero-order chi connectivity index (χ0) is 46.1. The molecule has 0 saturated heterocycles. The summed E-state index contributed by atoms with van der Waals surface area (Å²) in [5, 5.41) is 5.09. The van der Waals surface area contributed by atoms with Crippen LogP contribution in [0.15, 0.2) is 52.5 Å². The number of methoxy groups -OCH3 is 1. The van der Waals surface area contributed by atoms with Crippen molar-refractivity contribution in [1.82, 2.24) is 50.3 Å². The molecule has 1 aliphatic heterocycles. The number of aromatic nitrogens is 5. The third-order valence-corrected chi connectivity index (χ3v) is 9.76. The van der Waals surface area contributed by atoms with Gasteiger partial charge in [0, 0.05) is 56.0 Å².